The normalized spacial score (nSPS) is 10.9. The van der Waals surface area contributed by atoms with Crippen molar-refractivity contribution in [1.29, 1.82) is 0 Å². The van der Waals surface area contributed by atoms with Crippen LogP contribution >= 0.6 is 0 Å². The second-order valence-electron chi connectivity index (χ2n) is 4.79. The van der Waals surface area contributed by atoms with E-state index in [1.807, 2.05) is 12.1 Å². The van der Waals surface area contributed by atoms with Crippen molar-refractivity contribution < 1.29 is 5.11 Å². The van der Waals surface area contributed by atoms with Crippen LogP contribution in [-0.4, -0.2) is 14.7 Å². The molecule has 0 bridgehead atoms. The Labute approximate surface area is 110 Å². The molecule has 1 aromatic heterocycles. The number of aromatic hydroxyl groups is 1. The van der Waals surface area contributed by atoms with Crippen molar-refractivity contribution in [3.05, 3.63) is 56.2 Å². The third-order valence-corrected chi connectivity index (χ3v) is 3.13. The first-order valence-corrected chi connectivity index (χ1v) is 6.07. The van der Waals surface area contributed by atoms with Crippen LogP contribution in [0.15, 0.2) is 33.9 Å². The number of nitrogens with one attached hydrogen (secondary N) is 1. The molecule has 0 aliphatic carbocycles. The van der Waals surface area contributed by atoms with Gasteiger partial charge in [-0.3, -0.25) is 9.78 Å². The first-order chi connectivity index (χ1) is 8.91. The van der Waals surface area contributed by atoms with Crippen molar-refractivity contribution in [2.24, 2.45) is 0 Å². The Kier molecular flexibility index (Phi) is 3.29. The van der Waals surface area contributed by atoms with E-state index in [9.17, 15) is 14.7 Å². The quantitative estimate of drug-likeness (QED) is 0.862. The van der Waals surface area contributed by atoms with Gasteiger partial charge in [0, 0.05) is 0 Å². The van der Waals surface area contributed by atoms with Crippen molar-refractivity contribution in [3.8, 4) is 11.6 Å². The summed E-state index contributed by atoms with van der Waals surface area (Å²) in [6.07, 6.45) is 0. The molecular formula is C14H16N2O3. The highest BCUT2D eigenvalue weighted by atomic mass is 16.3. The maximum absolute atomic E-state index is 11.8. The molecule has 19 heavy (non-hydrogen) atoms. The highest BCUT2D eigenvalue weighted by Crippen LogP contribution is 2.19. The van der Waals surface area contributed by atoms with E-state index >= 15 is 0 Å². The molecule has 0 unspecified atom stereocenters. The Morgan fingerprint density at radius 2 is 1.74 bits per heavy atom. The van der Waals surface area contributed by atoms with Gasteiger partial charge >= 0.3 is 5.69 Å². The van der Waals surface area contributed by atoms with Gasteiger partial charge in [0.1, 0.15) is 0 Å². The van der Waals surface area contributed by atoms with Crippen LogP contribution in [0.3, 0.4) is 0 Å². The van der Waals surface area contributed by atoms with Gasteiger partial charge in [0.05, 0.1) is 11.3 Å². The van der Waals surface area contributed by atoms with E-state index in [2.05, 4.69) is 18.8 Å². The molecule has 100 valence electrons. The average Bonchev–Trinajstić information content (AvgIpc) is 2.37. The minimum Gasteiger partial charge on any atom is -0.494 e. The molecule has 0 fully saturated rings. The molecular weight excluding hydrogens is 244 g/mol. The van der Waals surface area contributed by atoms with Crippen LogP contribution in [0, 0.1) is 6.92 Å². The summed E-state index contributed by atoms with van der Waals surface area (Å²) in [7, 11) is 0. The summed E-state index contributed by atoms with van der Waals surface area (Å²) >= 11 is 0. The minimum atomic E-state index is -0.648. The van der Waals surface area contributed by atoms with Crippen molar-refractivity contribution in [1.82, 2.24) is 9.55 Å². The third kappa shape index (κ3) is 2.31. The van der Waals surface area contributed by atoms with Crippen molar-refractivity contribution in [3.63, 3.8) is 0 Å². The van der Waals surface area contributed by atoms with Crippen LogP contribution in [-0.2, 0) is 0 Å². The number of benzene rings is 1. The third-order valence-electron chi connectivity index (χ3n) is 3.13. The highest BCUT2D eigenvalue weighted by molar-refractivity contribution is 5.39. The van der Waals surface area contributed by atoms with Gasteiger partial charge < -0.3 is 5.11 Å². The van der Waals surface area contributed by atoms with Gasteiger partial charge in [-0.05, 0) is 30.5 Å². The predicted molar refractivity (Wildman–Crippen MR) is 73.2 cm³/mol. The smallest absolute Gasteiger partial charge is 0.335 e. The van der Waals surface area contributed by atoms with E-state index in [0.717, 1.165) is 10.1 Å². The first kappa shape index (κ1) is 13.1. The molecule has 0 radical (unpaired) electrons. The number of H-pyrrole nitrogens is 1. The summed E-state index contributed by atoms with van der Waals surface area (Å²) in [5, 5.41) is 9.93. The summed E-state index contributed by atoms with van der Waals surface area (Å²) in [5.74, 6) is 0.0581. The SMILES string of the molecule is Cc1c(O)n(-c2ccc(C(C)C)cc2)c(=O)[nH]c1=O. The topological polar surface area (TPSA) is 75.1 Å². The maximum Gasteiger partial charge on any atom is 0.335 e. The number of hydrogen-bond acceptors (Lipinski definition) is 3. The Morgan fingerprint density at radius 3 is 2.26 bits per heavy atom. The lowest BCUT2D eigenvalue weighted by Crippen LogP contribution is -2.30. The maximum atomic E-state index is 11.8. The molecule has 0 aliphatic heterocycles. The molecule has 0 aliphatic rings. The molecule has 1 aromatic carbocycles. The van der Waals surface area contributed by atoms with E-state index in [4.69, 9.17) is 0 Å². The van der Waals surface area contributed by atoms with Gasteiger partial charge in [0.2, 0.25) is 5.88 Å². The lowest BCUT2D eigenvalue weighted by atomic mass is 10.0. The van der Waals surface area contributed by atoms with E-state index in [1.54, 1.807) is 12.1 Å². The van der Waals surface area contributed by atoms with E-state index < -0.39 is 11.2 Å². The lowest BCUT2D eigenvalue weighted by Gasteiger charge is -2.11. The Bertz CT molecular complexity index is 709. The second-order valence-corrected chi connectivity index (χ2v) is 4.79. The Morgan fingerprint density at radius 1 is 1.16 bits per heavy atom. The second kappa shape index (κ2) is 4.76. The number of nitrogens with zero attached hydrogens (tertiary/aromatic N) is 1. The average molecular weight is 260 g/mol. The van der Waals surface area contributed by atoms with Gasteiger partial charge in [0.25, 0.3) is 5.56 Å². The van der Waals surface area contributed by atoms with Crippen LogP contribution in [0.1, 0.15) is 30.9 Å². The molecule has 0 amide bonds. The standard InChI is InChI=1S/C14H16N2O3/c1-8(2)10-4-6-11(7-5-10)16-13(18)9(3)12(17)15-14(16)19/h4-8,18H,1-3H3,(H,15,17,19). The molecule has 2 aromatic rings. The first-order valence-electron chi connectivity index (χ1n) is 6.07. The Hall–Kier alpha value is -2.30. The largest absolute Gasteiger partial charge is 0.494 e. The van der Waals surface area contributed by atoms with Crippen molar-refractivity contribution >= 4 is 0 Å². The molecule has 0 saturated heterocycles. The van der Waals surface area contributed by atoms with Crippen LogP contribution in [0.4, 0.5) is 0 Å². The minimum absolute atomic E-state index is 0.118. The van der Waals surface area contributed by atoms with Gasteiger partial charge in [-0.1, -0.05) is 26.0 Å². The van der Waals surface area contributed by atoms with Gasteiger partial charge in [-0.2, -0.15) is 0 Å². The molecule has 5 heteroatoms. The van der Waals surface area contributed by atoms with Gasteiger partial charge in [-0.15, -0.1) is 0 Å². The Balaban J connectivity index is 2.63. The lowest BCUT2D eigenvalue weighted by molar-refractivity contribution is 0.426. The highest BCUT2D eigenvalue weighted by Gasteiger charge is 2.12. The number of rotatable bonds is 2. The number of aromatic amines is 1. The summed E-state index contributed by atoms with van der Waals surface area (Å²) in [4.78, 5) is 25.3. The van der Waals surface area contributed by atoms with E-state index in [-0.39, 0.29) is 11.4 Å². The monoisotopic (exact) mass is 260 g/mol. The molecule has 1 heterocycles. The molecule has 0 atom stereocenters. The van der Waals surface area contributed by atoms with Crippen molar-refractivity contribution in [2.45, 2.75) is 26.7 Å². The van der Waals surface area contributed by atoms with E-state index in [1.165, 1.54) is 6.92 Å². The molecule has 0 saturated carbocycles. The predicted octanol–water partition coefficient (Wildman–Crippen LogP) is 1.66. The fourth-order valence-electron chi connectivity index (χ4n) is 1.86. The number of aromatic nitrogens is 2. The van der Waals surface area contributed by atoms with Crippen molar-refractivity contribution in [2.75, 3.05) is 0 Å². The zero-order valence-corrected chi connectivity index (χ0v) is 11.1. The molecule has 5 nitrogen and oxygen atoms in total. The van der Waals surface area contributed by atoms with Gasteiger partial charge in [0.15, 0.2) is 0 Å². The summed E-state index contributed by atoms with van der Waals surface area (Å²) in [5.41, 5.74) is 0.555. The fraction of sp³-hybridized carbons (Fsp3) is 0.286. The van der Waals surface area contributed by atoms with E-state index in [0.29, 0.717) is 11.6 Å². The summed E-state index contributed by atoms with van der Waals surface area (Å²) in [6.45, 7) is 5.61. The zero-order chi connectivity index (χ0) is 14.2. The fourth-order valence-corrected chi connectivity index (χ4v) is 1.86. The summed E-state index contributed by atoms with van der Waals surface area (Å²) in [6, 6.07) is 7.28. The zero-order valence-electron chi connectivity index (χ0n) is 11.1. The molecule has 0 spiro atoms. The summed E-state index contributed by atoms with van der Waals surface area (Å²) < 4.78 is 1.08. The van der Waals surface area contributed by atoms with Crippen LogP contribution < -0.4 is 11.2 Å². The van der Waals surface area contributed by atoms with Crippen LogP contribution in [0.2, 0.25) is 0 Å². The van der Waals surface area contributed by atoms with Crippen LogP contribution in [0.25, 0.3) is 5.69 Å². The molecule has 2 N–H and O–H groups in total. The molecule has 2 rings (SSSR count). The van der Waals surface area contributed by atoms with Gasteiger partial charge in [-0.25, -0.2) is 9.36 Å². The van der Waals surface area contributed by atoms with Crippen LogP contribution in [0.5, 0.6) is 5.88 Å². The number of hydrogen-bond donors (Lipinski definition) is 2.